The van der Waals surface area contributed by atoms with E-state index in [2.05, 4.69) is 5.32 Å². The summed E-state index contributed by atoms with van der Waals surface area (Å²) in [5.41, 5.74) is 0.697. The van der Waals surface area contributed by atoms with Crippen molar-refractivity contribution in [1.82, 2.24) is 9.80 Å². The average Bonchev–Trinajstić information content (AvgIpc) is 3.05. The van der Waals surface area contributed by atoms with Crippen molar-refractivity contribution in [2.45, 2.75) is 58.8 Å². The van der Waals surface area contributed by atoms with Crippen LogP contribution < -0.4 is 5.32 Å². The summed E-state index contributed by atoms with van der Waals surface area (Å²) >= 11 is 0. The van der Waals surface area contributed by atoms with Gasteiger partial charge in [-0.2, -0.15) is 13.2 Å². The second-order valence-corrected chi connectivity index (χ2v) is 9.35. The Labute approximate surface area is 202 Å². The Balaban J connectivity index is 1.78. The number of amides is 4. The van der Waals surface area contributed by atoms with Crippen LogP contribution in [0.4, 0.5) is 18.9 Å². The van der Waals surface area contributed by atoms with E-state index in [1.807, 2.05) is 26.0 Å². The average molecular weight is 494 g/mol. The number of nitrogens with zero attached hydrogens (tertiary/aromatic N) is 2. The molecule has 0 bridgehead atoms. The van der Waals surface area contributed by atoms with Crippen molar-refractivity contribution in [3.05, 3.63) is 42.0 Å². The SMILES string of the molecule is CCN(Cc1cccc(NC(=O)C(CC(C)C)N2C(=O)C3CC=CCC3C2=O)c1)C(=O)C(F)(F)F. The third kappa shape index (κ3) is 5.91. The fraction of sp³-hybridized carbons (Fsp3) is 0.520. The van der Waals surface area contributed by atoms with Crippen molar-refractivity contribution in [3.63, 3.8) is 0 Å². The van der Waals surface area contributed by atoms with Crippen LogP contribution in [-0.2, 0) is 25.7 Å². The standard InChI is InChI=1S/C25H30F3N3O4/c1-4-30(24(35)25(26,27)28)14-16-8-7-9-17(13-16)29-21(32)20(12-15(2)3)31-22(33)18-10-5-6-11-19(18)23(31)34/h5-9,13,15,18-20H,4,10-12,14H2,1-3H3,(H,29,32). The molecule has 1 N–H and O–H groups in total. The highest BCUT2D eigenvalue weighted by Gasteiger charge is 2.51. The Kier molecular flexibility index (Phi) is 8.02. The molecule has 1 heterocycles. The lowest BCUT2D eigenvalue weighted by atomic mass is 9.85. The van der Waals surface area contributed by atoms with Gasteiger partial charge in [-0.3, -0.25) is 24.1 Å². The minimum Gasteiger partial charge on any atom is -0.331 e. The zero-order valence-corrected chi connectivity index (χ0v) is 20.0. The van der Waals surface area contributed by atoms with Crippen LogP contribution >= 0.6 is 0 Å². The van der Waals surface area contributed by atoms with Crippen LogP contribution in [0.5, 0.6) is 0 Å². The van der Waals surface area contributed by atoms with Crippen molar-refractivity contribution < 1.29 is 32.3 Å². The Morgan fingerprint density at radius 2 is 1.71 bits per heavy atom. The second kappa shape index (κ2) is 10.6. The van der Waals surface area contributed by atoms with E-state index in [0.717, 1.165) is 4.90 Å². The molecule has 3 atom stereocenters. The lowest BCUT2D eigenvalue weighted by molar-refractivity contribution is -0.185. The molecule has 10 heteroatoms. The number of alkyl halides is 3. The van der Waals surface area contributed by atoms with Gasteiger partial charge in [-0.25, -0.2) is 0 Å². The first-order valence-corrected chi connectivity index (χ1v) is 11.7. The normalized spacial score (nSPS) is 20.7. The van der Waals surface area contributed by atoms with E-state index in [1.54, 1.807) is 18.2 Å². The number of fused-ring (bicyclic) bond motifs is 1. The summed E-state index contributed by atoms with van der Waals surface area (Å²) in [7, 11) is 0. The molecule has 1 aromatic carbocycles. The molecule has 1 aromatic rings. The van der Waals surface area contributed by atoms with Gasteiger partial charge in [-0.1, -0.05) is 38.1 Å². The number of hydrogen-bond donors (Lipinski definition) is 1. The van der Waals surface area contributed by atoms with Gasteiger partial charge in [-0.15, -0.1) is 0 Å². The van der Waals surface area contributed by atoms with Crippen LogP contribution in [-0.4, -0.2) is 52.2 Å². The minimum absolute atomic E-state index is 0.0185. The molecule has 1 aliphatic carbocycles. The van der Waals surface area contributed by atoms with Crippen molar-refractivity contribution >= 4 is 29.3 Å². The van der Waals surface area contributed by atoms with Gasteiger partial charge in [0.25, 0.3) is 0 Å². The maximum atomic E-state index is 13.3. The number of halogens is 3. The maximum absolute atomic E-state index is 13.3. The van der Waals surface area contributed by atoms with Crippen LogP contribution in [0.25, 0.3) is 0 Å². The minimum atomic E-state index is -4.98. The molecule has 1 aliphatic heterocycles. The Morgan fingerprint density at radius 1 is 1.11 bits per heavy atom. The molecule has 190 valence electrons. The molecule has 0 spiro atoms. The highest BCUT2D eigenvalue weighted by molar-refractivity contribution is 6.10. The van der Waals surface area contributed by atoms with Gasteiger partial charge in [0.2, 0.25) is 17.7 Å². The van der Waals surface area contributed by atoms with Gasteiger partial charge < -0.3 is 10.2 Å². The molecular formula is C25H30F3N3O4. The monoisotopic (exact) mass is 493 g/mol. The largest absolute Gasteiger partial charge is 0.471 e. The lowest BCUT2D eigenvalue weighted by Crippen LogP contribution is -2.48. The number of hydrogen-bond acceptors (Lipinski definition) is 4. The molecule has 0 saturated carbocycles. The first-order chi connectivity index (χ1) is 16.4. The molecule has 0 radical (unpaired) electrons. The molecular weight excluding hydrogens is 463 g/mol. The van der Waals surface area contributed by atoms with Crippen LogP contribution in [0, 0.1) is 17.8 Å². The van der Waals surface area contributed by atoms with E-state index in [-0.39, 0.29) is 37.2 Å². The summed E-state index contributed by atoms with van der Waals surface area (Å²) in [5.74, 6) is -4.05. The number of anilines is 1. The molecule has 4 amide bonds. The van der Waals surface area contributed by atoms with Crippen LogP contribution in [0.1, 0.15) is 45.6 Å². The summed E-state index contributed by atoms with van der Waals surface area (Å²) in [6.45, 7) is 4.80. The third-order valence-corrected chi connectivity index (χ3v) is 6.33. The van der Waals surface area contributed by atoms with Crippen molar-refractivity contribution in [2.75, 3.05) is 11.9 Å². The Hall–Kier alpha value is -3.17. The van der Waals surface area contributed by atoms with Gasteiger partial charge in [0, 0.05) is 18.8 Å². The predicted octanol–water partition coefficient (Wildman–Crippen LogP) is 3.90. The second-order valence-electron chi connectivity index (χ2n) is 9.35. The lowest BCUT2D eigenvalue weighted by Gasteiger charge is -2.27. The zero-order chi connectivity index (χ0) is 25.9. The quantitative estimate of drug-likeness (QED) is 0.440. The molecule has 0 aromatic heterocycles. The Morgan fingerprint density at radius 3 is 2.23 bits per heavy atom. The molecule has 1 fully saturated rings. The van der Waals surface area contributed by atoms with Crippen LogP contribution in [0.15, 0.2) is 36.4 Å². The van der Waals surface area contributed by atoms with Crippen molar-refractivity contribution in [1.29, 1.82) is 0 Å². The van der Waals surface area contributed by atoms with E-state index in [9.17, 15) is 32.3 Å². The van der Waals surface area contributed by atoms with Gasteiger partial charge in [0.15, 0.2) is 0 Å². The number of carbonyl (C=O) groups is 4. The maximum Gasteiger partial charge on any atom is 0.471 e. The van der Waals surface area contributed by atoms with Crippen molar-refractivity contribution in [2.24, 2.45) is 17.8 Å². The summed E-state index contributed by atoms with van der Waals surface area (Å²) in [6, 6.07) is 5.16. The Bertz CT molecular complexity index is 995. The number of rotatable bonds is 8. The fourth-order valence-corrected chi connectivity index (χ4v) is 4.61. The molecule has 7 nitrogen and oxygen atoms in total. The van der Waals surface area contributed by atoms with E-state index in [0.29, 0.717) is 29.0 Å². The smallest absolute Gasteiger partial charge is 0.331 e. The van der Waals surface area contributed by atoms with Gasteiger partial charge in [0.05, 0.1) is 11.8 Å². The molecule has 3 unspecified atom stereocenters. The van der Waals surface area contributed by atoms with Crippen LogP contribution in [0.3, 0.4) is 0 Å². The molecule has 3 rings (SSSR count). The van der Waals surface area contributed by atoms with E-state index >= 15 is 0 Å². The topological polar surface area (TPSA) is 86.8 Å². The van der Waals surface area contributed by atoms with Crippen LogP contribution in [0.2, 0.25) is 0 Å². The van der Waals surface area contributed by atoms with Gasteiger partial charge >= 0.3 is 12.1 Å². The number of allylic oxidation sites excluding steroid dienone is 2. The van der Waals surface area contributed by atoms with Gasteiger partial charge in [-0.05, 0) is 49.8 Å². The zero-order valence-electron chi connectivity index (χ0n) is 20.0. The van der Waals surface area contributed by atoms with Gasteiger partial charge in [0.1, 0.15) is 6.04 Å². The summed E-state index contributed by atoms with van der Waals surface area (Å²) < 4.78 is 38.5. The fourth-order valence-electron chi connectivity index (χ4n) is 4.61. The summed E-state index contributed by atoms with van der Waals surface area (Å²) in [5, 5.41) is 2.71. The van der Waals surface area contributed by atoms with E-state index in [1.165, 1.54) is 13.0 Å². The first-order valence-electron chi connectivity index (χ1n) is 11.7. The summed E-state index contributed by atoms with van der Waals surface area (Å²) in [4.78, 5) is 52.8. The molecule has 1 saturated heterocycles. The number of carbonyl (C=O) groups excluding carboxylic acids is 4. The van der Waals surface area contributed by atoms with E-state index in [4.69, 9.17) is 0 Å². The number of likely N-dealkylation sites (tertiary alicyclic amines) is 1. The third-order valence-electron chi connectivity index (χ3n) is 6.33. The predicted molar refractivity (Wildman–Crippen MR) is 123 cm³/mol. The number of imide groups is 1. The number of benzene rings is 1. The molecule has 35 heavy (non-hydrogen) atoms. The molecule has 2 aliphatic rings. The van der Waals surface area contributed by atoms with E-state index < -0.39 is 35.9 Å². The number of nitrogens with one attached hydrogen (secondary N) is 1. The highest BCUT2D eigenvalue weighted by Crippen LogP contribution is 2.37. The highest BCUT2D eigenvalue weighted by atomic mass is 19.4. The summed E-state index contributed by atoms with van der Waals surface area (Å²) in [6.07, 6.45) is -0.0142. The van der Waals surface area contributed by atoms with Crippen molar-refractivity contribution in [3.8, 4) is 0 Å². The first kappa shape index (κ1) is 26.4.